The fourth-order valence-corrected chi connectivity index (χ4v) is 1.56. The fourth-order valence-electron chi connectivity index (χ4n) is 1.36. The zero-order valence-electron chi connectivity index (χ0n) is 11.1. The monoisotopic (exact) mass is 284 g/mol. The molecule has 0 radical (unpaired) electrons. The number of benzene rings is 1. The zero-order valence-corrected chi connectivity index (χ0v) is 11.9. The molecule has 0 aliphatic rings. The second-order valence-electron chi connectivity index (χ2n) is 4.09. The maximum Gasteiger partial charge on any atom is 0.339 e. The van der Waals surface area contributed by atoms with Gasteiger partial charge >= 0.3 is 12.0 Å². The third kappa shape index (κ3) is 4.44. The summed E-state index contributed by atoms with van der Waals surface area (Å²) in [7, 11) is 1.27. The van der Waals surface area contributed by atoms with E-state index in [1.165, 1.54) is 19.2 Å². The second kappa shape index (κ2) is 6.99. The maximum absolute atomic E-state index is 11.6. The molecular weight excluding hydrogens is 268 g/mol. The van der Waals surface area contributed by atoms with E-state index >= 15 is 0 Å². The number of rotatable bonds is 4. The Morgan fingerprint density at radius 3 is 2.68 bits per heavy atom. The third-order valence-electron chi connectivity index (χ3n) is 2.62. The fraction of sp³-hybridized carbons (Fsp3) is 0.385. The predicted octanol–water partition coefficient (Wildman–Crippen LogP) is 3.05. The number of urea groups is 1. The van der Waals surface area contributed by atoms with Crippen molar-refractivity contribution in [3.8, 4) is 0 Å². The number of halogens is 1. The topological polar surface area (TPSA) is 67.4 Å². The van der Waals surface area contributed by atoms with Crippen molar-refractivity contribution in [1.29, 1.82) is 0 Å². The van der Waals surface area contributed by atoms with Crippen LogP contribution in [0.15, 0.2) is 18.2 Å². The van der Waals surface area contributed by atoms with E-state index in [0.717, 1.165) is 6.42 Å². The minimum Gasteiger partial charge on any atom is -0.465 e. The van der Waals surface area contributed by atoms with Crippen LogP contribution in [0.1, 0.15) is 30.6 Å². The first-order valence-electron chi connectivity index (χ1n) is 5.93. The number of nitrogens with one attached hydrogen (secondary N) is 2. The number of methoxy groups -OCH3 is 1. The Labute approximate surface area is 117 Å². The Kier molecular flexibility index (Phi) is 5.63. The van der Waals surface area contributed by atoms with Gasteiger partial charge in [-0.3, -0.25) is 0 Å². The van der Waals surface area contributed by atoms with Crippen LogP contribution in [-0.4, -0.2) is 25.2 Å². The van der Waals surface area contributed by atoms with Crippen LogP contribution in [0.25, 0.3) is 0 Å². The van der Waals surface area contributed by atoms with Gasteiger partial charge < -0.3 is 15.4 Å². The number of hydrogen-bond donors (Lipinski definition) is 2. The minimum atomic E-state index is -0.545. The first-order chi connectivity index (χ1) is 8.97. The number of amides is 2. The molecule has 104 valence electrons. The van der Waals surface area contributed by atoms with Gasteiger partial charge in [0.15, 0.2) is 0 Å². The van der Waals surface area contributed by atoms with Crippen molar-refractivity contribution in [2.45, 2.75) is 26.3 Å². The van der Waals surface area contributed by atoms with Crippen molar-refractivity contribution in [3.05, 3.63) is 28.8 Å². The van der Waals surface area contributed by atoms with Gasteiger partial charge in [-0.25, -0.2) is 9.59 Å². The highest BCUT2D eigenvalue weighted by Crippen LogP contribution is 2.21. The van der Waals surface area contributed by atoms with Gasteiger partial charge in [0.2, 0.25) is 0 Å². The van der Waals surface area contributed by atoms with Crippen molar-refractivity contribution >= 4 is 29.3 Å². The molecule has 2 amide bonds. The van der Waals surface area contributed by atoms with Crippen molar-refractivity contribution in [2.24, 2.45) is 0 Å². The molecule has 19 heavy (non-hydrogen) atoms. The van der Waals surface area contributed by atoms with Gasteiger partial charge in [-0.1, -0.05) is 18.5 Å². The van der Waals surface area contributed by atoms with Gasteiger partial charge in [0, 0.05) is 11.7 Å². The zero-order chi connectivity index (χ0) is 14.4. The lowest BCUT2D eigenvalue weighted by atomic mass is 10.2. The van der Waals surface area contributed by atoms with E-state index in [0.29, 0.717) is 5.69 Å². The Morgan fingerprint density at radius 2 is 2.11 bits per heavy atom. The van der Waals surface area contributed by atoms with Gasteiger partial charge in [-0.15, -0.1) is 0 Å². The van der Waals surface area contributed by atoms with Crippen LogP contribution in [0.2, 0.25) is 5.02 Å². The highest BCUT2D eigenvalue weighted by Gasteiger charge is 2.12. The lowest BCUT2D eigenvalue weighted by molar-refractivity contribution is 0.0601. The summed E-state index contributed by atoms with van der Waals surface area (Å²) < 4.78 is 4.61. The number of esters is 1. The molecule has 0 bridgehead atoms. The second-order valence-corrected chi connectivity index (χ2v) is 4.50. The van der Waals surface area contributed by atoms with E-state index in [2.05, 4.69) is 15.4 Å². The average Bonchev–Trinajstić information content (AvgIpc) is 2.39. The van der Waals surface area contributed by atoms with E-state index in [9.17, 15) is 9.59 Å². The van der Waals surface area contributed by atoms with Gasteiger partial charge in [-0.05, 0) is 31.5 Å². The number of ether oxygens (including phenoxy) is 1. The molecule has 1 aromatic rings. The van der Waals surface area contributed by atoms with E-state index in [-0.39, 0.29) is 22.7 Å². The normalized spacial score (nSPS) is 11.6. The van der Waals surface area contributed by atoms with Gasteiger partial charge in [0.25, 0.3) is 0 Å². The summed E-state index contributed by atoms with van der Waals surface area (Å²) in [6.07, 6.45) is 0.835. The van der Waals surface area contributed by atoms with Crippen LogP contribution in [0.3, 0.4) is 0 Å². The summed E-state index contributed by atoms with van der Waals surface area (Å²) in [5, 5.41) is 5.67. The standard InChI is InChI=1S/C13H17ClN2O3/c1-4-8(2)15-13(18)16-9-5-6-11(14)10(7-9)12(17)19-3/h5-8H,4H2,1-3H3,(H2,15,16,18). The van der Waals surface area contributed by atoms with Gasteiger partial charge in [0.05, 0.1) is 17.7 Å². The first kappa shape index (κ1) is 15.3. The highest BCUT2D eigenvalue weighted by atomic mass is 35.5. The molecule has 2 N–H and O–H groups in total. The Balaban J connectivity index is 2.80. The molecule has 0 fully saturated rings. The molecule has 0 spiro atoms. The van der Waals surface area contributed by atoms with E-state index in [1.54, 1.807) is 6.07 Å². The molecule has 0 saturated carbocycles. The van der Waals surface area contributed by atoms with Crippen LogP contribution in [0, 0.1) is 0 Å². The first-order valence-corrected chi connectivity index (χ1v) is 6.31. The third-order valence-corrected chi connectivity index (χ3v) is 2.95. The van der Waals surface area contributed by atoms with Crippen molar-refractivity contribution < 1.29 is 14.3 Å². The summed E-state index contributed by atoms with van der Waals surface area (Å²) in [6.45, 7) is 3.88. The van der Waals surface area contributed by atoms with E-state index < -0.39 is 5.97 Å². The summed E-state index contributed by atoms with van der Waals surface area (Å²) >= 11 is 5.88. The average molecular weight is 285 g/mol. The molecular formula is C13H17ClN2O3. The predicted molar refractivity (Wildman–Crippen MR) is 74.7 cm³/mol. The molecule has 5 nitrogen and oxygen atoms in total. The summed E-state index contributed by atoms with van der Waals surface area (Å²) in [5.41, 5.74) is 0.691. The molecule has 0 saturated heterocycles. The van der Waals surface area contributed by atoms with Gasteiger partial charge in [-0.2, -0.15) is 0 Å². The van der Waals surface area contributed by atoms with Crippen LogP contribution in [0.5, 0.6) is 0 Å². The number of carbonyl (C=O) groups excluding carboxylic acids is 2. The molecule has 0 aliphatic heterocycles. The SMILES string of the molecule is CCC(C)NC(=O)Nc1ccc(Cl)c(C(=O)OC)c1. The van der Waals surface area contributed by atoms with Crippen molar-refractivity contribution in [2.75, 3.05) is 12.4 Å². The molecule has 1 unspecified atom stereocenters. The van der Waals surface area contributed by atoms with E-state index in [4.69, 9.17) is 11.6 Å². The summed E-state index contributed by atoms with van der Waals surface area (Å²) in [4.78, 5) is 23.1. The van der Waals surface area contributed by atoms with E-state index in [1.807, 2.05) is 13.8 Å². The summed E-state index contributed by atoms with van der Waals surface area (Å²) in [6, 6.07) is 4.38. The molecule has 1 aromatic carbocycles. The lowest BCUT2D eigenvalue weighted by Crippen LogP contribution is -2.35. The molecule has 1 atom stereocenters. The molecule has 6 heteroatoms. The summed E-state index contributed by atoms with van der Waals surface area (Å²) in [5.74, 6) is -0.545. The quantitative estimate of drug-likeness (QED) is 0.835. The van der Waals surface area contributed by atoms with Crippen LogP contribution in [-0.2, 0) is 4.74 Å². The number of anilines is 1. The minimum absolute atomic E-state index is 0.0763. The maximum atomic E-state index is 11.6. The molecule has 0 aliphatic carbocycles. The largest absolute Gasteiger partial charge is 0.465 e. The molecule has 0 aromatic heterocycles. The highest BCUT2D eigenvalue weighted by molar-refractivity contribution is 6.33. The van der Waals surface area contributed by atoms with Crippen molar-refractivity contribution in [3.63, 3.8) is 0 Å². The number of hydrogen-bond acceptors (Lipinski definition) is 3. The lowest BCUT2D eigenvalue weighted by Gasteiger charge is -2.13. The van der Waals surface area contributed by atoms with Crippen LogP contribution in [0.4, 0.5) is 10.5 Å². The molecule has 1 rings (SSSR count). The van der Waals surface area contributed by atoms with Gasteiger partial charge in [0.1, 0.15) is 0 Å². The Hall–Kier alpha value is -1.75. The Bertz CT molecular complexity index is 477. The van der Waals surface area contributed by atoms with Crippen LogP contribution >= 0.6 is 11.6 Å². The Morgan fingerprint density at radius 1 is 1.42 bits per heavy atom. The van der Waals surface area contributed by atoms with Crippen LogP contribution < -0.4 is 10.6 Å². The number of carbonyl (C=O) groups is 2. The molecule has 0 heterocycles. The smallest absolute Gasteiger partial charge is 0.339 e. The van der Waals surface area contributed by atoms with Crippen molar-refractivity contribution in [1.82, 2.24) is 5.32 Å².